The van der Waals surface area contributed by atoms with E-state index in [1.807, 2.05) is 0 Å². The number of hydrogen-bond acceptors (Lipinski definition) is 3. The Morgan fingerprint density at radius 2 is 1.76 bits per heavy atom. The van der Waals surface area contributed by atoms with E-state index < -0.39 is 16.1 Å². The minimum atomic E-state index is -3.67. The molecule has 0 aliphatic carbocycles. The Balaban J connectivity index is 3.12. The first-order valence-electron chi connectivity index (χ1n) is 4.84. The second-order valence-electron chi connectivity index (χ2n) is 3.74. The van der Waals surface area contributed by atoms with Crippen LogP contribution in [0.15, 0.2) is 23.1 Å². The molecule has 4 nitrogen and oxygen atoms in total. The summed E-state index contributed by atoms with van der Waals surface area (Å²) in [4.78, 5) is 0.0122. The van der Waals surface area contributed by atoms with Crippen LogP contribution in [0.4, 0.5) is 0 Å². The van der Waals surface area contributed by atoms with Gasteiger partial charge in [-0.15, -0.1) is 0 Å². The van der Waals surface area contributed by atoms with E-state index in [1.165, 1.54) is 32.2 Å². The quantitative estimate of drug-likeness (QED) is 0.925. The molecule has 0 fully saturated rings. The topological polar surface area (TPSA) is 57.6 Å². The summed E-state index contributed by atoms with van der Waals surface area (Å²) in [6, 6.07) is 4.10. The molecule has 96 valence electrons. The van der Waals surface area contributed by atoms with Crippen LogP contribution in [0, 0.1) is 0 Å². The summed E-state index contributed by atoms with van der Waals surface area (Å²) in [7, 11) is -2.29. The van der Waals surface area contributed by atoms with Gasteiger partial charge in [0.1, 0.15) is 0 Å². The van der Waals surface area contributed by atoms with Crippen molar-refractivity contribution >= 4 is 33.2 Å². The van der Waals surface area contributed by atoms with Crippen molar-refractivity contribution in [1.82, 2.24) is 4.31 Å². The molecule has 0 spiro atoms. The zero-order valence-electron chi connectivity index (χ0n) is 9.39. The lowest BCUT2D eigenvalue weighted by Gasteiger charge is -2.18. The van der Waals surface area contributed by atoms with Gasteiger partial charge in [-0.2, -0.15) is 4.31 Å². The molecule has 0 amide bonds. The molecule has 7 heteroatoms. The summed E-state index contributed by atoms with van der Waals surface area (Å²) in [5.74, 6) is 0. The van der Waals surface area contributed by atoms with Crippen LogP contribution in [0.1, 0.15) is 6.92 Å². The SMILES string of the molecule is CC(O)CN(C)S(=O)(=O)c1cc(Cl)cc(Cl)c1. The van der Waals surface area contributed by atoms with Crippen LogP contribution in [-0.2, 0) is 10.0 Å². The maximum absolute atomic E-state index is 12.1. The van der Waals surface area contributed by atoms with E-state index in [2.05, 4.69) is 0 Å². The molecule has 0 radical (unpaired) electrons. The molecule has 0 saturated carbocycles. The Kier molecular flexibility index (Phi) is 4.80. The highest BCUT2D eigenvalue weighted by Crippen LogP contribution is 2.24. The Morgan fingerprint density at radius 3 is 2.18 bits per heavy atom. The average Bonchev–Trinajstić information content (AvgIpc) is 2.14. The minimum absolute atomic E-state index is 0.00641. The highest BCUT2D eigenvalue weighted by Gasteiger charge is 2.22. The summed E-state index contributed by atoms with van der Waals surface area (Å²) in [6.45, 7) is 1.52. The maximum Gasteiger partial charge on any atom is 0.243 e. The predicted molar refractivity (Wildman–Crippen MR) is 68.0 cm³/mol. The van der Waals surface area contributed by atoms with Crippen LogP contribution in [-0.4, -0.2) is 37.5 Å². The summed E-state index contributed by atoms with van der Waals surface area (Å²) >= 11 is 11.5. The summed E-state index contributed by atoms with van der Waals surface area (Å²) < 4.78 is 25.2. The van der Waals surface area contributed by atoms with E-state index in [-0.39, 0.29) is 21.5 Å². The number of rotatable bonds is 4. The second-order valence-corrected chi connectivity index (χ2v) is 6.66. The number of aliphatic hydroxyl groups excluding tert-OH is 1. The predicted octanol–water partition coefficient (Wildman–Crippen LogP) is 1.99. The van der Waals surface area contributed by atoms with Gasteiger partial charge in [-0.1, -0.05) is 23.2 Å². The number of nitrogens with zero attached hydrogens (tertiary/aromatic N) is 1. The molecule has 1 rings (SSSR count). The molecule has 1 unspecified atom stereocenters. The van der Waals surface area contributed by atoms with Crippen LogP contribution in [0.25, 0.3) is 0 Å². The van der Waals surface area contributed by atoms with Crippen LogP contribution in [0.3, 0.4) is 0 Å². The normalized spacial score (nSPS) is 14.0. The van der Waals surface area contributed by atoms with Crippen molar-refractivity contribution < 1.29 is 13.5 Å². The van der Waals surface area contributed by atoms with Crippen molar-refractivity contribution in [1.29, 1.82) is 0 Å². The van der Waals surface area contributed by atoms with Crippen LogP contribution < -0.4 is 0 Å². The van der Waals surface area contributed by atoms with Gasteiger partial charge in [-0.25, -0.2) is 8.42 Å². The third-order valence-corrected chi connectivity index (χ3v) is 4.30. The lowest BCUT2D eigenvalue weighted by Crippen LogP contribution is -2.33. The molecule has 17 heavy (non-hydrogen) atoms. The van der Waals surface area contributed by atoms with Gasteiger partial charge in [0, 0.05) is 23.6 Å². The Morgan fingerprint density at radius 1 is 1.29 bits per heavy atom. The van der Waals surface area contributed by atoms with Gasteiger partial charge in [0.2, 0.25) is 10.0 Å². The van der Waals surface area contributed by atoms with Crippen LogP contribution in [0.2, 0.25) is 10.0 Å². The molecule has 1 aromatic rings. The third-order valence-electron chi connectivity index (χ3n) is 2.07. The van der Waals surface area contributed by atoms with Gasteiger partial charge >= 0.3 is 0 Å². The van der Waals surface area contributed by atoms with E-state index >= 15 is 0 Å². The second kappa shape index (κ2) is 5.54. The number of sulfonamides is 1. The summed E-state index contributed by atoms with van der Waals surface area (Å²) in [5, 5.41) is 9.69. The number of likely N-dealkylation sites (N-methyl/N-ethyl adjacent to an activating group) is 1. The Bertz CT molecular complexity index is 482. The molecule has 0 aromatic heterocycles. The molecular formula is C10H13Cl2NO3S. The van der Waals surface area contributed by atoms with Crippen molar-refractivity contribution in [2.24, 2.45) is 0 Å². The molecule has 0 aliphatic rings. The van der Waals surface area contributed by atoms with E-state index in [1.54, 1.807) is 0 Å². The van der Waals surface area contributed by atoms with E-state index in [9.17, 15) is 13.5 Å². The fraction of sp³-hybridized carbons (Fsp3) is 0.400. The number of benzene rings is 1. The van der Waals surface area contributed by atoms with Gasteiger partial charge in [0.15, 0.2) is 0 Å². The number of hydrogen-bond donors (Lipinski definition) is 1. The molecule has 1 N–H and O–H groups in total. The molecule has 0 heterocycles. The number of halogens is 2. The van der Waals surface area contributed by atoms with E-state index in [0.29, 0.717) is 0 Å². The van der Waals surface area contributed by atoms with Crippen molar-refractivity contribution in [3.8, 4) is 0 Å². The largest absolute Gasteiger partial charge is 0.392 e. The van der Waals surface area contributed by atoms with Gasteiger partial charge in [-0.3, -0.25) is 0 Å². The zero-order chi connectivity index (χ0) is 13.2. The first-order valence-corrected chi connectivity index (χ1v) is 7.03. The third kappa shape index (κ3) is 3.82. The average molecular weight is 298 g/mol. The maximum atomic E-state index is 12.1. The molecule has 1 aromatic carbocycles. The fourth-order valence-corrected chi connectivity index (χ4v) is 3.31. The summed E-state index contributed by atoms with van der Waals surface area (Å²) in [5.41, 5.74) is 0. The molecule has 0 bridgehead atoms. The van der Waals surface area contributed by atoms with Gasteiger partial charge in [-0.05, 0) is 25.1 Å². The van der Waals surface area contributed by atoms with Crippen molar-refractivity contribution in [2.75, 3.05) is 13.6 Å². The van der Waals surface area contributed by atoms with E-state index in [0.717, 1.165) is 4.31 Å². The van der Waals surface area contributed by atoms with Crippen molar-refractivity contribution in [3.05, 3.63) is 28.2 Å². The lowest BCUT2D eigenvalue weighted by molar-refractivity contribution is 0.171. The molecule has 0 aliphatic heterocycles. The van der Waals surface area contributed by atoms with Gasteiger partial charge < -0.3 is 5.11 Å². The molecule has 0 saturated heterocycles. The monoisotopic (exact) mass is 297 g/mol. The van der Waals surface area contributed by atoms with Crippen LogP contribution >= 0.6 is 23.2 Å². The van der Waals surface area contributed by atoms with E-state index in [4.69, 9.17) is 23.2 Å². The molecular weight excluding hydrogens is 285 g/mol. The standard InChI is InChI=1S/C10H13Cl2NO3S/c1-7(14)6-13(2)17(15,16)10-4-8(11)3-9(12)5-10/h3-5,7,14H,6H2,1-2H3. The minimum Gasteiger partial charge on any atom is -0.392 e. The van der Waals surface area contributed by atoms with Crippen molar-refractivity contribution in [2.45, 2.75) is 17.9 Å². The van der Waals surface area contributed by atoms with Gasteiger partial charge in [0.05, 0.1) is 11.0 Å². The smallest absolute Gasteiger partial charge is 0.243 e. The first kappa shape index (κ1) is 14.7. The zero-order valence-corrected chi connectivity index (χ0v) is 11.7. The number of aliphatic hydroxyl groups is 1. The van der Waals surface area contributed by atoms with Gasteiger partial charge in [0.25, 0.3) is 0 Å². The highest BCUT2D eigenvalue weighted by atomic mass is 35.5. The summed E-state index contributed by atoms with van der Waals surface area (Å²) in [6.07, 6.45) is -0.746. The molecule has 1 atom stereocenters. The fourth-order valence-electron chi connectivity index (χ4n) is 1.33. The Labute approximate surface area is 111 Å². The lowest BCUT2D eigenvalue weighted by atomic mass is 10.4. The Hall–Kier alpha value is -0.330. The van der Waals surface area contributed by atoms with Crippen molar-refractivity contribution in [3.63, 3.8) is 0 Å². The first-order chi connectivity index (χ1) is 7.73. The highest BCUT2D eigenvalue weighted by molar-refractivity contribution is 7.89. The van der Waals surface area contributed by atoms with Crippen LogP contribution in [0.5, 0.6) is 0 Å².